The quantitative estimate of drug-likeness (QED) is 0.883. The van der Waals surface area contributed by atoms with E-state index in [1.54, 1.807) is 0 Å². The predicted molar refractivity (Wildman–Crippen MR) is 77.6 cm³/mol. The highest BCUT2D eigenvalue weighted by Crippen LogP contribution is 2.37. The van der Waals surface area contributed by atoms with Gasteiger partial charge in [-0.3, -0.25) is 4.79 Å². The SMILES string of the molecule is CCC(C)NCc1cc2c(n(C3CC3)c1=O)CCC2. The summed E-state index contributed by atoms with van der Waals surface area (Å²) in [6, 6.07) is 3.14. The summed E-state index contributed by atoms with van der Waals surface area (Å²) in [7, 11) is 0. The molecule has 3 nitrogen and oxygen atoms in total. The molecule has 3 rings (SSSR count). The molecule has 0 aliphatic heterocycles. The molecule has 3 heteroatoms. The van der Waals surface area contributed by atoms with Crippen LogP contribution >= 0.6 is 0 Å². The maximum absolute atomic E-state index is 12.6. The van der Waals surface area contributed by atoms with Crippen molar-refractivity contribution in [1.82, 2.24) is 9.88 Å². The standard InChI is InChI=1S/C16H24N2O/c1-3-11(2)17-10-13-9-12-5-4-6-15(12)18(16(13)19)14-7-8-14/h9,11,14,17H,3-8,10H2,1-2H3. The Kier molecular flexibility index (Phi) is 3.48. The van der Waals surface area contributed by atoms with Crippen molar-refractivity contribution in [2.24, 2.45) is 0 Å². The van der Waals surface area contributed by atoms with E-state index in [0.717, 1.165) is 24.8 Å². The van der Waals surface area contributed by atoms with Crippen molar-refractivity contribution in [3.8, 4) is 0 Å². The highest BCUT2D eigenvalue weighted by molar-refractivity contribution is 5.31. The van der Waals surface area contributed by atoms with Crippen molar-refractivity contribution in [2.45, 2.75) is 71.0 Å². The van der Waals surface area contributed by atoms with Crippen LogP contribution in [0.25, 0.3) is 0 Å². The highest BCUT2D eigenvalue weighted by atomic mass is 16.1. The first kappa shape index (κ1) is 12.9. The van der Waals surface area contributed by atoms with Crippen LogP contribution in [0.1, 0.15) is 62.4 Å². The minimum absolute atomic E-state index is 0.263. The van der Waals surface area contributed by atoms with Crippen molar-refractivity contribution in [3.05, 3.63) is 33.2 Å². The van der Waals surface area contributed by atoms with Gasteiger partial charge in [-0.2, -0.15) is 0 Å². The van der Waals surface area contributed by atoms with Crippen molar-refractivity contribution >= 4 is 0 Å². The number of aromatic nitrogens is 1. The lowest BCUT2D eigenvalue weighted by Crippen LogP contribution is -2.32. The van der Waals surface area contributed by atoms with Gasteiger partial charge in [-0.05, 0) is 57.1 Å². The summed E-state index contributed by atoms with van der Waals surface area (Å²) in [4.78, 5) is 12.6. The number of nitrogens with zero attached hydrogens (tertiary/aromatic N) is 1. The van der Waals surface area contributed by atoms with E-state index >= 15 is 0 Å². The molecular formula is C16H24N2O. The zero-order valence-corrected chi connectivity index (χ0v) is 12.0. The number of nitrogens with one attached hydrogen (secondary N) is 1. The summed E-state index contributed by atoms with van der Waals surface area (Å²) in [5.74, 6) is 0. The van der Waals surface area contributed by atoms with Crippen LogP contribution in [0.5, 0.6) is 0 Å². The van der Waals surface area contributed by atoms with Crippen molar-refractivity contribution < 1.29 is 0 Å². The number of pyridine rings is 1. The third-order valence-corrected chi connectivity index (χ3v) is 4.53. The fourth-order valence-electron chi connectivity index (χ4n) is 3.01. The first-order valence-corrected chi connectivity index (χ1v) is 7.70. The van der Waals surface area contributed by atoms with Gasteiger partial charge in [-0.15, -0.1) is 0 Å². The molecule has 1 unspecified atom stereocenters. The van der Waals surface area contributed by atoms with Crippen LogP contribution in [0.4, 0.5) is 0 Å². The lowest BCUT2D eigenvalue weighted by Gasteiger charge is -2.16. The Morgan fingerprint density at radius 3 is 2.89 bits per heavy atom. The zero-order chi connectivity index (χ0) is 13.4. The largest absolute Gasteiger partial charge is 0.310 e. The van der Waals surface area contributed by atoms with Crippen LogP contribution in [0.3, 0.4) is 0 Å². The second kappa shape index (κ2) is 5.12. The van der Waals surface area contributed by atoms with E-state index in [2.05, 4.69) is 29.8 Å². The van der Waals surface area contributed by atoms with Gasteiger partial charge < -0.3 is 9.88 Å². The number of aryl methyl sites for hydroxylation is 1. The number of rotatable bonds is 5. The number of hydrogen-bond acceptors (Lipinski definition) is 2. The Labute approximate surface area is 115 Å². The third kappa shape index (κ3) is 2.48. The van der Waals surface area contributed by atoms with Gasteiger partial charge in [0.2, 0.25) is 0 Å². The van der Waals surface area contributed by atoms with E-state index in [-0.39, 0.29) is 5.56 Å². The zero-order valence-electron chi connectivity index (χ0n) is 12.0. The summed E-state index contributed by atoms with van der Waals surface area (Å²) in [6.07, 6.45) is 6.94. The summed E-state index contributed by atoms with van der Waals surface area (Å²) in [5.41, 5.74) is 3.99. The summed E-state index contributed by atoms with van der Waals surface area (Å²) in [5, 5.41) is 3.45. The molecule has 0 saturated heterocycles. The minimum Gasteiger partial charge on any atom is -0.310 e. The molecule has 0 bridgehead atoms. The Hall–Kier alpha value is -1.09. The molecule has 1 fully saturated rings. The van der Waals surface area contributed by atoms with E-state index in [9.17, 15) is 4.79 Å². The molecule has 0 spiro atoms. The Morgan fingerprint density at radius 1 is 1.42 bits per heavy atom. The van der Waals surface area contributed by atoms with Gasteiger partial charge in [-0.1, -0.05) is 6.92 Å². The molecule has 1 N–H and O–H groups in total. The molecule has 2 aliphatic rings. The second-order valence-electron chi connectivity index (χ2n) is 6.09. The van der Waals surface area contributed by atoms with E-state index in [0.29, 0.717) is 18.6 Å². The molecule has 19 heavy (non-hydrogen) atoms. The first-order valence-electron chi connectivity index (χ1n) is 7.70. The average molecular weight is 260 g/mol. The van der Waals surface area contributed by atoms with Crippen LogP contribution < -0.4 is 10.9 Å². The predicted octanol–water partition coefficient (Wildman–Crippen LogP) is 2.56. The number of hydrogen-bond donors (Lipinski definition) is 1. The van der Waals surface area contributed by atoms with Gasteiger partial charge in [0, 0.05) is 29.9 Å². The van der Waals surface area contributed by atoms with Gasteiger partial charge in [-0.25, -0.2) is 0 Å². The van der Waals surface area contributed by atoms with E-state index < -0.39 is 0 Å². The van der Waals surface area contributed by atoms with E-state index in [1.165, 1.54) is 30.5 Å². The highest BCUT2D eigenvalue weighted by Gasteiger charge is 2.30. The second-order valence-corrected chi connectivity index (χ2v) is 6.09. The normalized spacial score (nSPS) is 19.5. The third-order valence-electron chi connectivity index (χ3n) is 4.53. The maximum Gasteiger partial charge on any atom is 0.255 e. The molecule has 0 radical (unpaired) electrons. The Morgan fingerprint density at radius 2 is 2.21 bits per heavy atom. The molecule has 1 aromatic heterocycles. The van der Waals surface area contributed by atoms with Gasteiger partial charge in [0.1, 0.15) is 0 Å². The topological polar surface area (TPSA) is 34.0 Å². The van der Waals surface area contributed by atoms with Crippen molar-refractivity contribution in [2.75, 3.05) is 0 Å². The molecule has 0 aromatic carbocycles. The van der Waals surface area contributed by atoms with Gasteiger partial charge in [0.05, 0.1) is 0 Å². The average Bonchev–Trinajstić information content (AvgIpc) is 3.14. The molecule has 104 valence electrons. The van der Waals surface area contributed by atoms with E-state index in [4.69, 9.17) is 0 Å². The lowest BCUT2D eigenvalue weighted by molar-refractivity contribution is 0.527. The molecule has 1 atom stereocenters. The minimum atomic E-state index is 0.263. The van der Waals surface area contributed by atoms with Crippen LogP contribution in [0.15, 0.2) is 10.9 Å². The fraction of sp³-hybridized carbons (Fsp3) is 0.688. The van der Waals surface area contributed by atoms with Crippen LogP contribution in [-0.2, 0) is 19.4 Å². The van der Waals surface area contributed by atoms with Gasteiger partial charge in [0.15, 0.2) is 0 Å². The van der Waals surface area contributed by atoms with E-state index in [1.807, 2.05) is 0 Å². The Balaban J connectivity index is 1.92. The molecule has 0 amide bonds. The molecule has 1 saturated carbocycles. The van der Waals surface area contributed by atoms with Gasteiger partial charge >= 0.3 is 0 Å². The van der Waals surface area contributed by atoms with Crippen molar-refractivity contribution in [1.29, 1.82) is 0 Å². The monoisotopic (exact) mass is 260 g/mol. The van der Waals surface area contributed by atoms with Crippen LogP contribution in [0, 0.1) is 0 Å². The lowest BCUT2D eigenvalue weighted by atomic mass is 10.1. The number of fused-ring (bicyclic) bond motifs is 1. The molecule has 2 aliphatic carbocycles. The maximum atomic E-state index is 12.6. The molecule has 1 aromatic rings. The molecular weight excluding hydrogens is 236 g/mol. The molecule has 1 heterocycles. The Bertz CT molecular complexity index is 528. The summed E-state index contributed by atoms with van der Waals surface area (Å²) in [6.45, 7) is 5.06. The first-order chi connectivity index (χ1) is 9.20. The van der Waals surface area contributed by atoms with Crippen molar-refractivity contribution in [3.63, 3.8) is 0 Å². The fourth-order valence-corrected chi connectivity index (χ4v) is 3.01. The van der Waals surface area contributed by atoms with Crippen LogP contribution in [0.2, 0.25) is 0 Å². The summed E-state index contributed by atoms with van der Waals surface area (Å²) < 4.78 is 2.12. The smallest absolute Gasteiger partial charge is 0.255 e. The summed E-state index contributed by atoms with van der Waals surface area (Å²) >= 11 is 0. The van der Waals surface area contributed by atoms with Crippen LogP contribution in [-0.4, -0.2) is 10.6 Å². The van der Waals surface area contributed by atoms with Gasteiger partial charge in [0.25, 0.3) is 5.56 Å².